The van der Waals surface area contributed by atoms with Crippen LogP contribution in [0.2, 0.25) is 0 Å². The smallest absolute Gasteiger partial charge is 0.219 e. The third-order valence-electron chi connectivity index (χ3n) is 3.03. The van der Waals surface area contributed by atoms with Crippen molar-refractivity contribution >= 4 is 0 Å². The molecule has 21 heavy (non-hydrogen) atoms. The Balaban J connectivity index is 2.07. The highest BCUT2D eigenvalue weighted by atomic mass is 19.2. The van der Waals surface area contributed by atoms with Gasteiger partial charge in [-0.15, -0.1) is 0 Å². The standard InChI is InChI=1S/C16H18F2N2O/c1-3-8-19-10-12-4-7-16(20-11(12)2)21-13-5-6-14(17)15(18)9-13/h4-7,9,19H,3,8,10H2,1-2H3. The fourth-order valence-corrected chi connectivity index (χ4v) is 1.87. The minimum absolute atomic E-state index is 0.220. The molecule has 0 bridgehead atoms. The number of aryl methyl sites for hydroxylation is 1. The van der Waals surface area contributed by atoms with Crippen LogP contribution in [0, 0.1) is 18.6 Å². The molecule has 0 spiro atoms. The van der Waals surface area contributed by atoms with E-state index < -0.39 is 11.6 Å². The number of nitrogens with zero attached hydrogens (tertiary/aromatic N) is 1. The maximum atomic E-state index is 13.1. The van der Waals surface area contributed by atoms with E-state index in [0.29, 0.717) is 5.88 Å². The second kappa shape index (κ2) is 7.13. The molecule has 0 saturated carbocycles. The molecular weight excluding hydrogens is 274 g/mol. The maximum Gasteiger partial charge on any atom is 0.219 e. The lowest BCUT2D eigenvalue weighted by Gasteiger charge is -2.09. The molecular formula is C16H18F2N2O. The Kier molecular flexibility index (Phi) is 5.22. The van der Waals surface area contributed by atoms with Crippen molar-refractivity contribution in [3.63, 3.8) is 0 Å². The molecule has 112 valence electrons. The number of rotatable bonds is 6. The molecule has 1 heterocycles. The molecule has 0 aliphatic heterocycles. The largest absolute Gasteiger partial charge is 0.439 e. The minimum atomic E-state index is -0.940. The summed E-state index contributed by atoms with van der Waals surface area (Å²) >= 11 is 0. The van der Waals surface area contributed by atoms with E-state index in [0.717, 1.165) is 42.9 Å². The van der Waals surface area contributed by atoms with Crippen LogP contribution in [0.3, 0.4) is 0 Å². The number of hydrogen-bond donors (Lipinski definition) is 1. The monoisotopic (exact) mass is 292 g/mol. The number of pyridine rings is 1. The molecule has 3 nitrogen and oxygen atoms in total. The van der Waals surface area contributed by atoms with Gasteiger partial charge in [0.1, 0.15) is 5.75 Å². The summed E-state index contributed by atoms with van der Waals surface area (Å²) in [7, 11) is 0. The molecule has 0 unspecified atom stereocenters. The number of aromatic nitrogens is 1. The topological polar surface area (TPSA) is 34.1 Å². The van der Waals surface area contributed by atoms with Gasteiger partial charge in [-0.05, 0) is 37.6 Å². The molecule has 0 aliphatic rings. The van der Waals surface area contributed by atoms with Gasteiger partial charge in [0, 0.05) is 24.4 Å². The highest BCUT2D eigenvalue weighted by Gasteiger charge is 2.07. The third kappa shape index (κ3) is 4.23. The Labute approximate surface area is 123 Å². The lowest BCUT2D eigenvalue weighted by molar-refractivity contribution is 0.446. The average molecular weight is 292 g/mol. The summed E-state index contributed by atoms with van der Waals surface area (Å²) in [6.45, 7) is 5.70. The first kappa shape index (κ1) is 15.4. The van der Waals surface area contributed by atoms with Gasteiger partial charge in [0.25, 0.3) is 0 Å². The van der Waals surface area contributed by atoms with E-state index in [-0.39, 0.29) is 5.75 Å². The summed E-state index contributed by atoms with van der Waals surface area (Å²) in [4.78, 5) is 4.32. The van der Waals surface area contributed by atoms with Crippen LogP contribution in [-0.4, -0.2) is 11.5 Å². The van der Waals surface area contributed by atoms with Crippen molar-refractivity contribution in [1.82, 2.24) is 10.3 Å². The first-order chi connectivity index (χ1) is 10.1. The van der Waals surface area contributed by atoms with Gasteiger partial charge in [0.2, 0.25) is 5.88 Å². The second-order valence-corrected chi connectivity index (χ2v) is 4.75. The molecule has 0 fully saturated rings. The van der Waals surface area contributed by atoms with Gasteiger partial charge in [-0.3, -0.25) is 0 Å². The fourth-order valence-electron chi connectivity index (χ4n) is 1.87. The Morgan fingerprint density at radius 2 is 1.95 bits per heavy atom. The predicted octanol–water partition coefficient (Wildman–Crippen LogP) is 3.96. The molecule has 1 aromatic carbocycles. The first-order valence-electron chi connectivity index (χ1n) is 6.90. The van der Waals surface area contributed by atoms with E-state index >= 15 is 0 Å². The van der Waals surface area contributed by atoms with E-state index in [9.17, 15) is 8.78 Å². The van der Waals surface area contributed by atoms with Gasteiger partial charge in [-0.2, -0.15) is 0 Å². The third-order valence-corrected chi connectivity index (χ3v) is 3.03. The molecule has 0 amide bonds. The second-order valence-electron chi connectivity index (χ2n) is 4.75. The quantitative estimate of drug-likeness (QED) is 0.818. The van der Waals surface area contributed by atoms with Gasteiger partial charge in [-0.25, -0.2) is 13.8 Å². The summed E-state index contributed by atoms with van der Waals surface area (Å²) in [6.07, 6.45) is 1.07. The van der Waals surface area contributed by atoms with Crippen LogP contribution in [0.4, 0.5) is 8.78 Å². The molecule has 0 aliphatic carbocycles. The Hall–Kier alpha value is -2.01. The van der Waals surface area contributed by atoms with Crippen LogP contribution in [0.25, 0.3) is 0 Å². The normalized spacial score (nSPS) is 10.7. The van der Waals surface area contributed by atoms with Crippen molar-refractivity contribution in [3.8, 4) is 11.6 Å². The number of hydrogen-bond acceptors (Lipinski definition) is 3. The van der Waals surface area contributed by atoms with E-state index in [1.54, 1.807) is 6.07 Å². The molecule has 2 aromatic rings. The first-order valence-corrected chi connectivity index (χ1v) is 6.90. The zero-order valence-corrected chi connectivity index (χ0v) is 12.1. The number of halogens is 2. The van der Waals surface area contributed by atoms with Crippen molar-refractivity contribution in [3.05, 3.63) is 53.2 Å². The SMILES string of the molecule is CCCNCc1ccc(Oc2ccc(F)c(F)c2)nc1C. The van der Waals surface area contributed by atoms with E-state index in [1.807, 2.05) is 13.0 Å². The van der Waals surface area contributed by atoms with E-state index in [1.165, 1.54) is 6.07 Å². The van der Waals surface area contributed by atoms with Crippen LogP contribution in [0.15, 0.2) is 30.3 Å². The highest BCUT2D eigenvalue weighted by Crippen LogP contribution is 2.22. The zero-order chi connectivity index (χ0) is 15.2. The van der Waals surface area contributed by atoms with Crippen molar-refractivity contribution < 1.29 is 13.5 Å². The molecule has 1 N–H and O–H groups in total. The number of ether oxygens (including phenoxy) is 1. The number of nitrogens with one attached hydrogen (secondary N) is 1. The lowest BCUT2D eigenvalue weighted by Crippen LogP contribution is -2.15. The van der Waals surface area contributed by atoms with E-state index in [2.05, 4.69) is 17.2 Å². The van der Waals surface area contributed by atoms with Gasteiger partial charge in [-0.1, -0.05) is 13.0 Å². The number of benzene rings is 1. The van der Waals surface area contributed by atoms with Crippen molar-refractivity contribution in [2.75, 3.05) is 6.54 Å². The maximum absolute atomic E-state index is 13.1. The Morgan fingerprint density at radius 1 is 1.14 bits per heavy atom. The molecule has 1 aromatic heterocycles. The Morgan fingerprint density at radius 3 is 2.62 bits per heavy atom. The molecule has 0 saturated heterocycles. The summed E-state index contributed by atoms with van der Waals surface area (Å²) < 4.78 is 31.4. The van der Waals surface area contributed by atoms with Gasteiger partial charge < -0.3 is 10.1 Å². The molecule has 0 atom stereocenters. The van der Waals surface area contributed by atoms with Crippen LogP contribution in [0.5, 0.6) is 11.6 Å². The summed E-state index contributed by atoms with van der Waals surface area (Å²) in [5, 5.41) is 3.30. The average Bonchev–Trinajstić information content (AvgIpc) is 2.45. The fraction of sp³-hybridized carbons (Fsp3) is 0.312. The van der Waals surface area contributed by atoms with Gasteiger partial charge in [0.05, 0.1) is 0 Å². The van der Waals surface area contributed by atoms with Crippen LogP contribution in [-0.2, 0) is 6.54 Å². The molecule has 0 radical (unpaired) electrons. The Bertz CT molecular complexity index is 617. The molecule has 5 heteroatoms. The van der Waals surface area contributed by atoms with Crippen LogP contribution < -0.4 is 10.1 Å². The van der Waals surface area contributed by atoms with Crippen molar-refractivity contribution in [1.29, 1.82) is 0 Å². The minimum Gasteiger partial charge on any atom is -0.439 e. The highest BCUT2D eigenvalue weighted by molar-refractivity contribution is 5.31. The summed E-state index contributed by atoms with van der Waals surface area (Å²) in [5.74, 6) is -1.26. The summed E-state index contributed by atoms with van der Waals surface area (Å²) in [5.41, 5.74) is 1.93. The van der Waals surface area contributed by atoms with E-state index in [4.69, 9.17) is 4.74 Å². The lowest BCUT2D eigenvalue weighted by atomic mass is 10.2. The summed E-state index contributed by atoms with van der Waals surface area (Å²) in [6, 6.07) is 7.03. The molecule has 2 rings (SSSR count). The van der Waals surface area contributed by atoms with Crippen molar-refractivity contribution in [2.45, 2.75) is 26.8 Å². The van der Waals surface area contributed by atoms with Crippen molar-refractivity contribution in [2.24, 2.45) is 0 Å². The van der Waals surface area contributed by atoms with Crippen LogP contribution >= 0.6 is 0 Å². The van der Waals surface area contributed by atoms with Gasteiger partial charge in [0.15, 0.2) is 11.6 Å². The van der Waals surface area contributed by atoms with Crippen LogP contribution in [0.1, 0.15) is 24.6 Å². The van der Waals surface area contributed by atoms with Gasteiger partial charge >= 0.3 is 0 Å². The predicted molar refractivity (Wildman–Crippen MR) is 77.4 cm³/mol. The zero-order valence-electron chi connectivity index (χ0n) is 12.1.